The van der Waals surface area contributed by atoms with Crippen molar-refractivity contribution >= 4 is 35.0 Å². The van der Waals surface area contributed by atoms with Crippen molar-refractivity contribution in [1.29, 1.82) is 0 Å². The van der Waals surface area contributed by atoms with Gasteiger partial charge in [0.2, 0.25) is 0 Å². The van der Waals surface area contributed by atoms with Crippen LogP contribution in [0.4, 0.5) is 10.5 Å². The summed E-state index contributed by atoms with van der Waals surface area (Å²) in [5, 5.41) is 0.998. The van der Waals surface area contributed by atoms with E-state index >= 15 is 0 Å². The molecule has 7 heteroatoms. The average Bonchev–Trinajstić information content (AvgIpc) is 3.18. The van der Waals surface area contributed by atoms with Crippen molar-refractivity contribution in [3.8, 4) is 5.75 Å². The number of piperidine rings is 1. The Morgan fingerprint density at radius 1 is 1.06 bits per heavy atom. The Morgan fingerprint density at radius 2 is 1.76 bits per heavy atom. The van der Waals surface area contributed by atoms with Crippen LogP contribution in [0.15, 0.2) is 42.5 Å². The second kappa shape index (κ2) is 8.83. The molecule has 2 aromatic carbocycles. The third-order valence-electron chi connectivity index (χ3n) is 7.42. The van der Waals surface area contributed by atoms with Crippen LogP contribution in [0.3, 0.4) is 0 Å². The van der Waals surface area contributed by atoms with Gasteiger partial charge in [0.25, 0.3) is 0 Å². The van der Waals surface area contributed by atoms with E-state index < -0.39 is 5.60 Å². The maximum absolute atomic E-state index is 12.8. The summed E-state index contributed by atoms with van der Waals surface area (Å²) >= 11 is 12.2. The van der Waals surface area contributed by atoms with Crippen molar-refractivity contribution in [2.45, 2.75) is 44.6 Å². The van der Waals surface area contributed by atoms with Crippen LogP contribution in [0.5, 0.6) is 5.75 Å². The molecular weight excluding hydrogens is 471 g/mol. The highest BCUT2D eigenvalue weighted by Crippen LogP contribution is 2.64. The van der Waals surface area contributed by atoms with Gasteiger partial charge in [0.05, 0.1) is 16.7 Å². The van der Waals surface area contributed by atoms with Crippen LogP contribution < -0.4 is 9.64 Å². The standard InChI is InChI=1S/C27H32Cl2N2O3/c1-26(2,3)34-25(32)31-15-21-22(16-33-20-10-11-23(28)24(29)14-20)27(21,17-31)18-6-8-19(9-7-18)30-12-4-5-13-30/h6-11,14,21-22H,4-5,12-13,15-17H2,1-3H3. The van der Waals surface area contributed by atoms with Gasteiger partial charge in [-0.15, -0.1) is 0 Å². The van der Waals surface area contributed by atoms with E-state index in [0.29, 0.717) is 47.3 Å². The van der Waals surface area contributed by atoms with Crippen molar-refractivity contribution < 1.29 is 14.3 Å². The number of rotatable bonds is 5. The summed E-state index contributed by atoms with van der Waals surface area (Å²) in [4.78, 5) is 17.1. The molecule has 0 N–H and O–H groups in total. The zero-order valence-electron chi connectivity index (χ0n) is 20.0. The molecule has 0 spiro atoms. The summed E-state index contributed by atoms with van der Waals surface area (Å²) in [6.07, 6.45) is 2.27. The van der Waals surface area contributed by atoms with E-state index in [1.807, 2.05) is 31.7 Å². The van der Waals surface area contributed by atoms with E-state index in [-0.39, 0.29) is 11.5 Å². The number of nitrogens with zero attached hydrogens (tertiary/aromatic N) is 2. The first-order valence-electron chi connectivity index (χ1n) is 12.1. The molecule has 3 unspecified atom stereocenters. The predicted molar refractivity (Wildman–Crippen MR) is 136 cm³/mol. The lowest BCUT2D eigenvalue weighted by Gasteiger charge is -2.28. The van der Waals surface area contributed by atoms with Crippen molar-refractivity contribution in [3.05, 3.63) is 58.1 Å². The second-order valence-corrected chi connectivity index (χ2v) is 11.6. The Labute approximate surface area is 211 Å². The smallest absolute Gasteiger partial charge is 0.410 e. The molecule has 182 valence electrons. The minimum absolute atomic E-state index is 0.114. The highest BCUT2D eigenvalue weighted by Gasteiger charge is 2.70. The summed E-state index contributed by atoms with van der Waals surface area (Å²) in [7, 11) is 0. The quantitative estimate of drug-likeness (QED) is 0.473. The predicted octanol–water partition coefficient (Wildman–Crippen LogP) is 6.41. The fraction of sp³-hybridized carbons (Fsp3) is 0.519. The zero-order chi connectivity index (χ0) is 24.1. The number of anilines is 1. The summed E-state index contributed by atoms with van der Waals surface area (Å²) in [5.74, 6) is 1.36. The van der Waals surface area contributed by atoms with Crippen LogP contribution in [0.2, 0.25) is 10.0 Å². The zero-order valence-corrected chi connectivity index (χ0v) is 21.5. The lowest BCUT2D eigenvalue weighted by atomic mass is 9.92. The SMILES string of the molecule is CC(C)(C)OC(=O)N1CC2C(COc3ccc(Cl)c(Cl)c3)C2(c2ccc(N3CCCC3)cc2)C1. The number of halogens is 2. The first-order valence-corrected chi connectivity index (χ1v) is 12.8. The molecule has 0 bridgehead atoms. The molecule has 1 amide bonds. The average molecular weight is 503 g/mol. The lowest BCUT2D eigenvalue weighted by Crippen LogP contribution is -2.39. The molecule has 0 radical (unpaired) electrons. The first kappa shape index (κ1) is 23.6. The summed E-state index contributed by atoms with van der Waals surface area (Å²) in [6, 6.07) is 14.3. The van der Waals surface area contributed by atoms with Gasteiger partial charge in [-0.3, -0.25) is 0 Å². The summed E-state index contributed by atoms with van der Waals surface area (Å²) in [6.45, 7) is 9.86. The number of benzene rings is 2. The Kier molecular flexibility index (Phi) is 6.14. The number of carbonyl (C=O) groups is 1. The number of likely N-dealkylation sites (tertiary alicyclic amines) is 1. The Hall–Kier alpha value is -2.11. The van der Waals surface area contributed by atoms with Gasteiger partial charge in [-0.1, -0.05) is 35.3 Å². The monoisotopic (exact) mass is 502 g/mol. The van der Waals surface area contributed by atoms with E-state index in [1.165, 1.54) is 24.1 Å². The maximum Gasteiger partial charge on any atom is 0.410 e. The molecule has 0 aromatic heterocycles. The fourth-order valence-electron chi connectivity index (χ4n) is 5.71. The van der Waals surface area contributed by atoms with Crippen LogP contribution in [0, 0.1) is 11.8 Å². The molecule has 5 rings (SSSR count). The number of carbonyl (C=O) groups excluding carboxylic acids is 1. The topological polar surface area (TPSA) is 42.0 Å². The fourth-order valence-corrected chi connectivity index (χ4v) is 6.00. The van der Waals surface area contributed by atoms with E-state index in [1.54, 1.807) is 12.1 Å². The molecule has 1 saturated carbocycles. The highest BCUT2D eigenvalue weighted by atomic mass is 35.5. The van der Waals surface area contributed by atoms with Crippen molar-refractivity contribution in [2.24, 2.45) is 11.8 Å². The molecule has 3 aliphatic rings. The summed E-state index contributed by atoms with van der Waals surface area (Å²) < 4.78 is 11.8. The number of ether oxygens (including phenoxy) is 2. The van der Waals surface area contributed by atoms with Crippen LogP contribution in [0.25, 0.3) is 0 Å². The maximum atomic E-state index is 12.8. The number of hydrogen-bond donors (Lipinski definition) is 0. The van der Waals surface area contributed by atoms with Gasteiger partial charge >= 0.3 is 6.09 Å². The third-order valence-corrected chi connectivity index (χ3v) is 8.16. The van der Waals surface area contributed by atoms with E-state index in [0.717, 1.165) is 13.1 Å². The van der Waals surface area contributed by atoms with Gasteiger partial charge in [0.15, 0.2) is 0 Å². The number of amides is 1. The second-order valence-electron chi connectivity index (χ2n) is 10.7. The molecule has 5 nitrogen and oxygen atoms in total. The van der Waals surface area contributed by atoms with Crippen molar-refractivity contribution in [1.82, 2.24) is 4.90 Å². The van der Waals surface area contributed by atoms with Crippen molar-refractivity contribution in [2.75, 3.05) is 37.7 Å². The van der Waals surface area contributed by atoms with Gasteiger partial charge in [0, 0.05) is 49.3 Å². The largest absolute Gasteiger partial charge is 0.493 e. The van der Waals surface area contributed by atoms with Crippen LogP contribution in [-0.4, -0.2) is 49.4 Å². The van der Waals surface area contributed by atoms with E-state index in [4.69, 9.17) is 32.7 Å². The molecule has 2 aliphatic heterocycles. The molecule has 2 saturated heterocycles. The molecule has 3 fully saturated rings. The van der Waals surface area contributed by atoms with Gasteiger partial charge in [-0.05, 0) is 69.4 Å². The Balaban J connectivity index is 1.35. The van der Waals surface area contributed by atoms with E-state index in [2.05, 4.69) is 29.2 Å². The van der Waals surface area contributed by atoms with Crippen molar-refractivity contribution in [3.63, 3.8) is 0 Å². The third kappa shape index (κ3) is 4.45. The van der Waals surface area contributed by atoms with Gasteiger partial charge in [-0.25, -0.2) is 4.79 Å². The minimum Gasteiger partial charge on any atom is -0.493 e. The van der Waals surface area contributed by atoms with Crippen LogP contribution >= 0.6 is 23.2 Å². The van der Waals surface area contributed by atoms with Gasteiger partial charge < -0.3 is 19.3 Å². The first-order chi connectivity index (χ1) is 16.2. The molecule has 3 atom stereocenters. The van der Waals surface area contributed by atoms with Gasteiger partial charge in [-0.2, -0.15) is 0 Å². The molecule has 2 aromatic rings. The molecule has 1 aliphatic carbocycles. The Bertz CT molecular complexity index is 1060. The van der Waals surface area contributed by atoms with Crippen LogP contribution in [-0.2, 0) is 10.2 Å². The number of fused-ring (bicyclic) bond motifs is 1. The summed E-state index contributed by atoms with van der Waals surface area (Å²) in [5.41, 5.74) is 1.93. The molecular formula is C27H32Cl2N2O3. The normalized spacial score (nSPS) is 25.9. The lowest BCUT2D eigenvalue weighted by molar-refractivity contribution is 0.0255. The van der Waals surface area contributed by atoms with Crippen LogP contribution in [0.1, 0.15) is 39.2 Å². The molecule has 34 heavy (non-hydrogen) atoms. The molecule has 2 heterocycles. The Morgan fingerprint density at radius 3 is 2.41 bits per heavy atom. The highest BCUT2D eigenvalue weighted by molar-refractivity contribution is 6.42. The minimum atomic E-state index is -0.509. The van der Waals surface area contributed by atoms with E-state index in [9.17, 15) is 4.79 Å². The number of hydrogen-bond acceptors (Lipinski definition) is 4. The van der Waals surface area contributed by atoms with Gasteiger partial charge in [0.1, 0.15) is 11.4 Å².